The molecule has 4 aromatic rings. The molecule has 1 amide bonds. The van der Waals surface area contributed by atoms with Crippen molar-refractivity contribution in [2.75, 3.05) is 25.1 Å². The molecule has 274 valence electrons. The maximum atomic E-state index is 13.9. The number of ether oxygens (including phenoxy) is 2. The Morgan fingerprint density at radius 3 is 2.49 bits per heavy atom. The highest BCUT2D eigenvalue weighted by molar-refractivity contribution is 6.13. The van der Waals surface area contributed by atoms with E-state index in [9.17, 15) is 27.2 Å². The van der Waals surface area contributed by atoms with Crippen molar-refractivity contribution in [3.63, 3.8) is 0 Å². The van der Waals surface area contributed by atoms with Gasteiger partial charge >= 0.3 is 12.3 Å². The second-order valence-corrected chi connectivity index (χ2v) is 13.4. The van der Waals surface area contributed by atoms with Gasteiger partial charge in [-0.2, -0.15) is 23.4 Å². The minimum atomic E-state index is -4.58. The molecular formula is C38H35F4N7O4. The normalized spacial score (nSPS) is 18.6. The highest BCUT2D eigenvalue weighted by Crippen LogP contribution is 2.40. The van der Waals surface area contributed by atoms with Crippen molar-refractivity contribution in [1.29, 1.82) is 0 Å². The molecular weight excluding hydrogens is 694 g/mol. The van der Waals surface area contributed by atoms with Crippen molar-refractivity contribution in [2.45, 2.75) is 64.7 Å². The number of rotatable bonds is 10. The fourth-order valence-electron chi connectivity index (χ4n) is 6.77. The summed E-state index contributed by atoms with van der Waals surface area (Å²) in [7, 11) is 1.47. The lowest BCUT2D eigenvalue weighted by molar-refractivity contribution is -0.137. The number of hydrogen-bond donors (Lipinski definition) is 0. The number of methoxy groups -OCH3 is 1. The second kappa shape index (κ2) is 14.0. The molecule has 5 heterocycles. The fourth-order valence-corrected chi connectivity index (χ4v) is 6.77. The Hall–Kier alpha value is -5.73. The first-order valence-corrected chi connectivity index (χ1v) is 17.0. The predicted octanol–water partition coefficient (Wildman–Crippen LogP) is 7.49. The summed E-state index contributed by atoms with van der Waals surface area (Å²) >= 11 is 0. The van der Waals surface area contributed by atoms with E-state index in [4.69, 9.17) is 14.5 Å². The summed E-state index contributed by atoms with van der Waals surface area (Å²) in [6.45, 7) is 5.26. The predicted molar refractivity (Wildman–Crippen MR) is 189 cm³/mol. The molecule has 0 unspecified atom stereocenters. The highest BCUT2D eigenvalue weighted by atomic mass is 19.4. The molecule has 0 bridgehead atoms. The lowest BCUT2D eigenvalue weighted by Crippen LogP contribution is -2.49. The van der Waals surface area contributed by atoms with E-state index in [2.05, 4.69) is 20.2 Å². The first kappa shape index (κ1) is 35.7. The quantitative estimate of drug-likeness (QED) is 0.122. The van der Waals surface area contributed by atoms with Crippen LogP contribution in [0.4, 0.5) is 28.3 Å². The van der Waals surface area contributed by atoms with E-state index >= 15 is 0 Å². The Kier molecular flexibility index (Phi) is 9.43. The summed E-state index contributed by atoms with van der Waals surface area (Å²) in [5.41, 5.74) is 4.71. The molecule has 2 aromatic heterocycles. The van der Waals surface area contributed by atoms with E-state index < -0.39 is 36.2 Å². The van der Waals surface area contributed by atoms with Crippen LogP contribution in [0.2, 0.25) is 0 Å². The highest BCUT2D eigenvalue weighted by Gasteiger charge is 2.42. The number of ketones is 1. The number of benzene rings is 2. The van der Waals surface area contributed by atoms with Crippen molar-refractivity contribution < 1.29 is 36.6 Å². The van der Waals surface area contributed by atoms with Gasteiger partial charge in [-0.3, -0.25) is 9.69 Å². The molecule has 7 rings (SSSR count). The number of anilines is 1. The summed E-state index contributed by atoms with van der Waals surface area (Å²) < 4.78 is 66.3. The van der Waals surface area contributed by atoms with Crippen molar-refractivity contribution >= 4 is 29.8 Å². The third-order valence-electron chi connectivity index (χ3n) is 9.61. The Labute approximate surface area is 302 Å². The summed E-state index contributed by atoms with van der Waals surface area (Å²) in [6, 6.07) is 10.2. The van der Waals surface area contributed by atoms with E-state index in [0.717, 1.165) is 23.3 Å². The van der Waals surface area contributed by atoms with Gasteiger partial charge in [0.2, 0.25) is 11.8 Å². The van der Waals surface area contributed by atoms with Crippen molar-refractivity contribution in [2.24, 2.45) is 10.2 Å². The zero-order chi connectivity index (χ0) is 37.6. The van der Waals surface area contributed by atoms with Gasteiger partial charge in [-0.05, 0) is 61.7 Å². The Balaban J connectivity index is 1.23. The summed E-state index contributed by atoms with van der Waals surface area (Å²) in [4.78, 5) is 43.3. The van der Waals surface area contributed by atoms with Crippen molar-refractivity contribution in [1.82, 2.24) is 19.9 Å². The maximum Gasteiger partial charge on any atom is 0.416 e. The van der Waals surface area contributed by atoms with E-state index in [0.29, 0.717) is 45.6 Å². The molecule has 2 saturated heterocycles. The molecule has 3 aliphatic heterocycles. The number of pyridine rings is 1. The second-order valence-electron chi connectivity index (χ2n) is 13.4. The van der Waals surface area contributed by atoms with Crippen LogP contribution < -0.4 is 9.64 Å². The van der Waals surface area contributed by atoms with E-state index in [1.54, 1.807) is 49.5 Å². The number of Topliss-reactive ketones (excluding diaryl/α,β-unsaturated/α-hetero) is 1. The molecule has 3 aliphatic rings. The van der Waals surface area contributed by atoms with Crippen LogP contribution in [-0.4, -0.2) is 76.1 Å². The molecule has 2 aromatic carbocycles. The number of carbonyl (C=O) groups is 2. The summed E-state index contributed by atoms with van der Waals surface area (Å²) in [5.74, 6) is 0.440. The Bertz CT molecular complexity index is 2170. The smallest absolute Gasteiger partial charge is 0.416 e. The number of amides is 1. The summed E-state index contributed by atoms with van der Waals surface area (Å²) in [6.07, 6.45) is -1.70. The first-order valence-electron chi connectivity index (χ1n) is 17.0. The molecule has 2 atom stereocenters. The standard InChI is InChI=1S/C38H35F4N7O4/c1-20-9-24(12-26(10-20)38(40,41)42)34-22(3)49(37(51)53-34)19-32-31(16-44-36(46-32)48-17-27(39)18-48)30-13-25(15-43-35(30)52-4)29-6-5-23(11-21(29)2)33(50)14-28-7-8-45-47-28/h5-6,8-13,15-16,22,27,34H,7,14,17-19H2,1-4H3/t22-,34-/m0/s1. The number of hydrogen-bond acceptors (Lipinski definition) is 10. The largest absolute Gasteiger partial charge is 0.481 e. The number of nitrogens with zero attached hydrogens (tertiary/aromatic N) is 7. The van der Waals surface area contributed by atoms with Crippen molar-refractivity contribution in [3.8, 4) is 28.1 Å². The average molecular weight is 730 g/mol. The molecule has 2 fully saturated rings. The zero-order valence-electron chi connectivity index (χ0n) is 29.3. The third-order valence-corrected chi connectivity index (χ3v) is 9.61. The third kappa shape index (κ3) is 7.19. The minimum Gasteiger partial charge on any atom is -0.481 e. The Morgan fingerprint density at radius 1 is 1.02 bits per heavy atom. The van der Waals surface area contributed by atoms with Gasteiger partial charge in [0.25, 0.3) is 0 Å². The summed E-state index contributed by atoms with van der Waals surface area (Å²) in [5, 5.41) is 7.83. The van der Waals surface area contributed by atoms with Crippen LogP contribution in [0.25, 0.3) is 22.3 Å². The van der Waals surface area contributed by atoms with Crippen LogP contribution in [0.1, 0.15) is 64.2 Å². The average Bonchev–Trinajstić information content (AvgIpc) is 3.73. The molecule has 0 aliphatic carbocycles. The first-order chi connectivity index (χ1) is 25.3. The number of cyclic esters (lactones) is 1. The lowest BCUT2D eigenvalue weighted by Gasteiger charge is -2.34. The monoisotopic (exact) mass is 729 g/mol. The van der Waals surface area contributed by atoms with E-state index in [1.807, 2.05) is 25.1 Å². The van der Waals surface area contributed by atoms with E-state index in [1.165, 1.54) is 12.0 Å². The van der Waals surface area contributed by atoms with Crippen LogP contribution in [0.3, 0.4) is 0 Å². The van der Waals surface area contributed by atoms with Crippen LogP contribution in [-0.2, 0) is 17.5 Å². The van der Waals surface area contributed by atoms with Crippen molar-refractivity contribution in [3.05, 3.63) is 88.4 Å². The molecule has 0 N–H and O–H groups in total. The maximum absolute atomic E-state index is 13.9. The molecule has 11 nitrogen and oxygen atoms in total. The number of aromatic nitrogens is 3. The van der Waals surface area contributed by atoms with Gasteiger partial charge in [0, 0.05) is 47.3 Å². The van der Waals surface area contributed by atoms with Crippen LogP contribution in [0.15, 0.2) is 65.1 Å². The SMILES string of the molecule is COc1ncc(-c2ccc(C(=O)CC3=NN=CC3)cc2C)cc1-c1cnc(N2CC(F)C2)nc1CN1C(=O)O[C@H](c2cc(C)cc(C(F)(F)F)c2)[C@@H]1C. The lowest BCUT2D eigenvalue weighted by atomic mass is 9.94. The van der Waals surface area contributed by atoms with Gasteiger partial charge in [0.05, 0.1) is 56.2 Å². The van der Waals surface area contributed by atoms with Gasteiger partial charge in [-0.15, -0.1) is 0 Å². The van der Waals surface area contributed by atoms with Gasteiger partial charge in [0.1, 0.15) is 12.3 Å². The zero-order valence-corrected chi connectivity index (χ0v) is 29.3. The number of halogens is 4. The number of alkyl halides is 4. The Morgan fingerprint density at radius 2 is 1.81 bits per heavy atom. The minimum absolute atomic E-state index is 0.0688. The van der Waals surface area contributed by atoms with Gasteiger partial charge in [-0.25, -0.2) is 24.1 Å². The van der Waals surface area contributed by atoms with Gasteiger partial charge in [0.15, 0.2) is 5.78 Å². The van der Waals surface area contributed by atoms with Crippen LogP contribution in [0, 0.1) is 13.8 Å². The number of aryl methyl sites for hydroxylation is 2. The van der Waals surface area contributed by atoms with E-state index in [-0.39, 0.29) is 49.2 Å². The van der Waals surface area contributed by atoms with Gasteiger partial charge < -0.3 is 14.4 Å². The molecule has 0 saturated carbocycles. The van der Waals surface area contributed by atoms with Crippen LogP contribution >= 0.6 is 0 Å². The molecule has 0 radical (unpaired) electrons. The molecule has 53 heavy (non-hydrogen) atoms. The topological polar surface area (TPSA) is 122 Å². The van der Waals surface area contributed by atoms with Gasteiger partial charge in [-0.1, -0.05) is 23.8 Å². The fraction of sp³-hybridized carbons (Fsp3) is 0.342. The molecule has 0 spiro atoms. The number of carbonyl (C=O) groups excluding carboxylic acids is 2. The van der Waals surface area contributed by atoms with Crippen LogP contribution in [0.5, 0.6) is 5.88 Å². The molecule has 15 heteroatoms.